The van der Waals surface area contributed by atoms with Crippen molar-refractivity contribution in [3.8, 4) is 11.5 Å². The fourth-order valence-corrected chi connectivity index (χ4v) is 3.93. The van der Waals surface area contributed by atoms with Gasteiger partial charge in [-0.3, -0.25) is 0 Å². The molecule has 1 aromatic rings. The molecule has 0 unspecified atom stereocenters. The highest BCUT2D eigenvalue weighted by molar-refractivity contribution is 5.40. The Bertz CT molecular complexity index is 464. The number of hydrogen-bond acceptors (Lipinski definition) is 3. The molecule has 1 aromatic carbocycles. The Kier molecular flexibility index (Phi) is 4.01. The molecule has 0 atom stereocenters. The number of rotatable bonds is 3. The zero-order valence-corrected chi connectivity index (χ0v) is 13.0. The van der Waals surface area contributed by atoms with Gasteiger partial charge < -0.3 is 15.5 Å². The van der Waals surface area contributed by atoms with Gasteiger partial charge in [0.1, 0.15) is 0 Å². The average molecular weight is 277 g/mol. The van der Waals surface area contributed by atoms with E-state index < -0.39 is 0 Å². The third kappa shape index (κ3) is 3.89. The summed E-state index contributed by atoms with van der Waals surface area (Å²) in [5.74, 6) is -0.109. The van der Waals surface area contributed by atoms with Gasteiger partial charge in [0, 0.05) is 12.6 Å². The molecular weight excluding hydrogens is 250 g/mol. The minimum absolute atomic E-state index is 0.0476. The molecule has 0 amide bonds. The van der Waals surface area contributed by atoms with Gasteiger partial charge in [-0.2, -0.15) is 0 Å². The molecule has 1 saturated carbocycles. The molecule has 20 heavy (non-hydrogen) atoms. The first-order valence-electron chi connectivity index (χ1n) is 7.41. The second-order valence-corrected chi connectivity index (χ2v) is 7.81. The van der Waals surface area contributed by atoms with Gasteiger partial charge >= 0.3 is 0 Å². The first kappa shape index (κ1) is 15.2. The molecule has 3 heteroatoms. The van der Waals surface area contributed by atoms with Gasteiger partial charge in [-0.15, -0.1) is 0 Å². The molecule has 0 aromatic heterocycles. The van der Waals surface area contributed by atoms with E-state index in [0.29, 0.717) is 16.9 Å². The maximum atomic E-state index is 9.53. The number of phenolic OH excluding ortho intramolecular Hbond substituents is 2. The van der Waals surface area contributed by atoms with Crippen molar-refractivity contribution in [1.29, 1.82) is 0 Å². The van der Waals surface area contributed by atoms with Crippen molar-refractivity contribution in [1.82, 2.24) is 5.32 Å². The predicted molar refractivity (Wildman–Crippen MR) is 81.8 cm³/mol. The smallest absolute Gasteiger partial charge is 0.157 e. The summed E-state index contributed by atoms with van der Waals surface area (Å²) in [6, 6.07) is 5.52. The van der Waals surface area contributed by atoms with Gasteiger partial charge in [-0.05, 0) is 47.8 Å². The Labute approximate surface area is 122 Å². The lowest BCUT2D eigenvalue weighted by atomic mass is 9.63. The molecule has 0 spiro atoms. The summed E-state index contributed by atoms with van der Waals surface area (Å²) < 4.78 is 0. The molecule has 0 aliphatic heterocycles. The molecule has 0 radical (unpaired) electrons. The van der Waals surface area contributed by atoms with E-state index in [2.05, 4.69) is 33.0 Å². The van der Waals surface area contributed by atoms with Gasteiger partial charge in [0.2, 0.25) is 0 Å². The third-order valence-corrected chi connectivity index (χ3v) is 4.19. The highest BCUT2D eigenvalue weighted by atomic mass is 16.3. The second-order valence-electron chi connectivity index (χ2n) is 7.81. The van der Waals surface area contributed by atoms with Gasteiger partial charge in [-0.25, -0.2) is 0 Å². The molecule has 1 fully saturated rings. The zero-order chi connectivity index (χ0) is 15.0. The van der Waals surface area contributed by atoms with E-state index in [-0.39, 0.29) is 11.5 Å². The maximum absolute atomic E-state index is 9.53. The van der Waals surface area contributed by atoms with Crippen molar-refractivity contribution in [3.05, 3.63) is 23.8 Å². The highest BCUT2D eigenvalue weighted by Crippen LogP contribution is 2.45. The van der Waals surface area contributed by atoms with Crippen LogP contribution in [0.5, 0.6) is 11.5 Å². The summed E-state index contributed by atoms with van der Waals surface area (Å²) >= 11 is 0. The van der Waals surface area contributed by atoms with Crippen LogP contribution in [0.25, 0.3) is 0 Å². The van der Waals surface area contributed by atoms with Crippen LogP contribution >= 0.6 is 0 Å². The minimum atomic E-state index is -0.0614. The number of hydrogen-bond donors (Lipinski definition) is 3. The lowest BCUT2D eigenvalue weighted by Crippen LogP contribution is -2.43. The van der Waals surface area contributed by atoms with Crippen molar-refractivity contribution in [2.75, 3.05) is 0 Å². The van der Waals surface area contributed by atoms with Crippen LogP contribution < -0.4 is 5.32 Å². The van der Waals surface area contributed by atoms with Crippen LogP contribution in [0.1, 0.15) is 52.5 Å². The minimum Gasteiger partial charge on any atom is -0.504 e. The fourth-order valence-electron chi connectivity index (χ4n) is 3.93. The topological polar surface area (TPSA) is 52.5 Å². The Morgan fingerprint density at radius 2 is 1.65 bits per heavy atom. The third-order valence-electron chi connectivity index (χ3n) is 4.19. The van der Waals surface area contributed by atoms with Crippen LogP contribution in [0.2, 0.25) is 0 Å². The molecule has 0 saturated heterocycles. The lowest BCUT2D eigenvalue weighted by Gasteiger charge is -2.45. The van der Waals surface area contributed by atoms with E-state index in [9.17, 15) is 10.2 Å². The molecule has 1 aliphatic rings. The summed E-state index contributed by atoms with van der Waals surface area (Å²) in [6.07, 6.45) is 3.62. The Hall–Kier alpha value is -1.22. The molecule has 0 bridgehead atoms. The number of phenols is 2. The normalized spacial score (nSPS) is 21.8. The van der Waals surface area contributed by atoms with Gasteiger partial charge in [0.05, 0.1) is 0 Å². The summed E-state index contributed by atoms with van der Waals surface area (Å²) in [6.45, 7) is 10.1. The summed E-state index contributed by atoms with van der Waals surface area (Å²) in [5, 5.41) is 22.5. The summed E-state index contributed by atoms with van der Waals surface area (Å²) in [5.41, 5.74) is 1.74. The van der Waals surface area contributed by atoms with Crippen molar-refractivity contribution >= 4 is 0 Å². The van der Waals surface area contributed by atoms with Crippen LogP contribution in [0.3, 0.4) is 0 Å². The summed E-state index contributed by atoms with van der Waals surface area (Å²) in [4.78, 5) is 0. The fraction of sp³-hybridized carbons (Fsp3) is 0.647. The van der Waals surface area contributed by atoms with Gasteiger partial charge in [0.15, 0.2) is 11.5 Å². The van der Waals surface area contributed by atoms with E-state index in [1.165, 1.54) is 19.3 Å². The zero-order valence-electron chi connectivity index (χ0n) is 13.0. The Balaban J connectivity index is 1.98. The molecule has 1 aliphatic carbocycles. The van der Waals surface area contributed by atoms with E-state index >= 15 is 0 Å². The molecule has 112 valence electrons. The average Bonchev–Trinajstić information content (AvgIpc) is 2.27. The standard InChI is InChI=1S/C17H27NO2/c1-16(2)8-13(9-17(3,4)11-16)18-10-12-5-6-14(19)15(20)7-12/h5-7,13,18-20H,8-11H2,1-4H3. The van der Waals surface area contributed by atoms with E-state index in [4.69, 9.17) is 0 Å². The van der Waals surface area contributed by atoms with Crippen LogP contribution in [0.4, 0.5) is 0 Å². The van der Waals surface area contributed by atoms with Crippen molar-refractivity contribution in [2.45, 2.75) is 59.5 Å². The van der Waals surface area contributed by atoms with Crippen LogP contribution in [-0.4, -0.2) is 16.3 Å². The van der Waals surface area contributed by atoms with Crippen molar-refractivity contribution in [2.24, 2.45) is 10.8 Å². The maximum Gasteiger partial charge on any atom is 0.157 e. The van der Waals surface area contributed by atoms with E-state index in [1.807, 2.05) is 6.07 Å². The van der Waals surface area contributed by atoms with Crippen LogP contribution in [-0.2, 0) is 6.54 Å². The van der Waals surface area contributed by atoms with Crippen molar-refractivity contribution in [3.63, 3.8) is 0 Å². The summed E-state index contributed by atoms with van der Waals surface area (Å²) in [7, 11) is 0. The van der Waals surface area contributed by atoms with E-state index in [0.717, 1.165) is 12.1 Å². The predicted octanol–water partition coefficient (Wildman–Crippen LogP) is 3.79. The first-order chi connectivity index (χ1) is 9.17. The van der Waals surface area contributed by atoms with E-state index in [1.54, 1.807) is 12.1 Å². The number of nitrogens with one attached hydrogen (secondary N) is 1. The van der Waals surface area contributed by atoms with Crippen molar-refractivity contribution < 1.29 is 10.2 Å². The quantitative estimate of drug-likeness (QED) is 0.737. The van der Waals surface area contributed by atoms with Gasteiger partial charge in [0.25, 0.3) is 0 Å². The molecule has 3 N–H and O–H groups in total. The molecular formula is C17H27NO2. The first-order valence-corrected chi connectivity index (χ1v) is 7.41. The van der Waals surface area contributed by atoms with Crippen LogP contribution in [0, 0.1) is 10.8 Å². The monoisotopic (exact) mass is 277 g/mol. The number of benzene rings is 1. The highest BCUT2D eigenvalue weighted by Gasteiger charge is 2.38. The molecule has 0 heterocycles. The van der Waals surface area contributed by atoms with Crippen LogP contribution in [0.15, 0.2) is 18.2 Å². The molecule has 2 rings (SSSR count). The largest absolute Gasteiger partial charge is 0.504 e. The lowest BCUT2D eigenvalue weighted by molar-refractivity contribution is 0.0845. The number of aromatic hydroxyl groups is 2. The SMILES string of the molecule is CC1(C)CC(NCc2ccc(O)c(O)c2)CC(C)(C)C1. The molecule has 3 nitrogen and oxygen atoms in total. The Morgan fingerprint density at radius 1 is 1.05 bits per heavy atom. The van der Waals surface area contributed by atoms with Gasteiger partial charge in [-0.1, -0.05) is 33.8 Å². The second kappa shape index (κ2) is 5.28. The Morgan fingerprint density at radius 3 is 2.20 bits per heavy atom.